The van der Waals surface area contributed by atoms with Crippen molar-refractivity contribution in [1.82, 2.24) is 10.2 Å². The molecule has 2 heterocycles. The number of benzene rings is 2. The van der Waals surface area contributed by atoms with Crippen LogP contribution in [0.1, 0.15) is 25.0 Å². The number of esters is 1. The Morgan fingerprint density at radius 3 is 2.18 bits per heavy atom. The van der Waals surface area contributed by atoms with Crippen LogP contribution in [0.3, 0.4) is 0 Å². The van der Waals surface area contributed by atoms with Gasteiger partial charge in [-0.25, -0.2) is 0 Å². The molecule has 2 bridgehead atoms. The molecule has 2 aromatic carbocycles. The van der Waals surface area contributed by atoms with Gasteiger partial charge in [0.05, 0.1) is 31.4 Å². The number of rotatable bonds is 9. The first-order valence-corrected chi connectivity index (χ1v) is 11.5. The van der Waals surface area contributed by atoms with Crippen LogP contribution in [-0.4, -0.2) is 48.2 Å². The fourth-order valence-electron chi connectivity index (χ4n) is 5.00. The first-order valence-electron chi connectivity index (χ1n) is 11.5. The van der Waals surface area contributed by atoms with E-state index in [1.165, 1.54) is 7.11 Å². The first kappa shape index (κ1) is 23.2. The Balaban J connectivity index is 1.65. The molecule has 1 saturated heterocycles. The highest BCUT2D eigenvalue weighted by atomic mass is 16.5. The maximum Gasteiger partial charge on any atom is 0.313 e. The van der Waals surface area contributed by atoms with Crippen molar-refractivity contribution in [1.29, 1.82) is 0 Å². The van der Waals surface area contributed by atoms with E-state index in [2.05, 4.69) is 10.2 Å². The SMILES string of the molecule is COC(=O)[C@@H]1[C@@H](N(Cc2ccccc2)[C@H](C(=O)NCc2ccccc2)C(C)C)[C@@H]2C=C[C@H]1O2. The van der Waals surface area contributed by atoms with Gasteiger partial charge in [-0.3, -0.25) is 14.5 Å². The van der Waals surface area contributed by atoms with E-state index >= 15 is 0 Å². The molecule has 6 nitrogen and oxygen atoms in total. The standard InChI is InChI=1S/C27H32N2O4/c1-18(2)24(26(30)28-16-19-10-6-4-7-11-19)29(17-20-12-8-5-9-13-20)25-22-15-14-21(33-22)23(25)27(31)32-3/h4-15,18,21-25H,16-17H2,1-3H3,(H,28,30)/t21-,22+,23+,24+,25+/m1/s1. The number of fused-ring (bicyclic) bond motifs is 2. The van der Waals surface area contributed by atoms with Gasteiger partial charge in [0.1, 0.15) is 5.92 Å². The van der Waals surface area contributed by atoms with Gasteiger partial charge in [0.2, 0.25) is 5.91 Å². The topological polar surface area (TPSA) is 67.9 Å². The van der Waals surface area contributed by atoms with Crippen LogP contribution in [0.25, 0.3) is 0 Å². The average Bonchev–Trinajstić information content (AvgIpc) is 3.45. The minimum Gasteiger partial charge on any atom is -0.469 e. The molecular formula is C27H32N2O4. The number of hydrogen-bond donors (Lipinski definition) is 1. The van der Waals surface area contributed by atoms with Crippen LogP contribution in [0.15, 0.2) is 72.8 Å². The highest BCUT2D eigenvalue weighted by molar-refractivity contribution is 5.82. The Hall–Kier alpha value is -2.96. The summed E-state index contributed by atoms with van der Waals surface area (Å²) >= 11 is 0. The fourth-order valence-corrected chi connectivity index (χ4v) is 5.00. The van der Waals surface area contributed by atoms with Crippen molar-refractivity contribution in [3.63, 3.8) is 0 Å². The second kappa shape index (κ2) is 10.3. The third-order valence-electron chi connectivity index (χ3n) is 6.49. The third kappa shape index (κ3) is 5.02. The fraction of sp³-hybridized carbons (Fsp3) is 0.407. The quantitative estimate of drug-likeness (QED) is 0.471. The van der Waals surface area contributed by atoms with Crippen LogP contribution in [0.2, 0.25) is 0 Å². The molecular weight excluding hydrogens is 416 g/mol. The third-order valence-corrected chi connectivity index (χ3v) is 6.49. The molecule has 2 aromatic rings. The lowest BCUT2D eigenvalue weighted by molar-refractivity contribution is -0.150. The first-order chi connectivity index (χ1) is 16.0. The highest BCUT2D eigenvalue weighted by Crippen LogP contribution is 2.40. The minimum atomic E-state index is -0.475. The van der Waals surface area contributed by atoms with E-state index in [-0.39, 0.29) is 36.0 Å². The summed E-state index contributed by atoms with van der Waals surface area (Å²) in [5, 5.41) is 3.12. The second-order valence-electron chi connectivity index (χ2n) is 9.04. The predicted molar refractivity (Wildman–Crippen MR) is 126 cm³/mol. The zero-order valence-electron chi connectivity index (χ0n) is 19.4. The van der Waals surface area contributed by atoms with Crippen LogP contribution >= 0.6 is 0 Å². The summed E-state index contributed by atoms with van der Waals surface area (Å²) in [5.41, 5.74) is 2.12. The molecule has 0 radical (unpaired) electrons. The summed E-state index contributed by atoms with van der Waals surface area (Å²) < 4.78 is 11.2. The molecule has 0 aromatic heterocycles. The number of nitrogens with one attached hydrogen (secondary N) is 1. The molecule has 1 fully saturated rings. The Bertz CT molecular complexity index is 976. The summed E-state index contributed by atoms with van der Waals surface area (Å²) in [4.78, 5) is 28.5. The number of methoxy groups -OCH3 is 1. The Labute approximate surface area is 195 Å². The molecule has 6 heteroatoms. The maximum atomic E-state index is 13.6. The van der Waals surface area contributed by atoms with E-state index in [9.17, 15) is 9.59 Å². The van der Waals surface area contributed by atoms with Gasteiger partial charge in [-0.15, -0.1) is 0 Å². The summed E-state index contributed by atoms with van der Waals surface area (Å²) in [6, 6.07) is 19.2. The molecule has 0 saturated carbocycles. The van der Waals surface area contributed by atoms with E-state index in [4.69, 9.17) is 9.47 Å². The second-order valence-corrected chi connectivity index (χ2v) is 9.04. The van der Waals surface area contributed by atoms with Crippen LogP contribution in [-0.2, 0) is 32.2 Å². The smallest absolute Gasteiger partial charge is 0.313 e. The Kier molecular flexibility index (Phi) is 7.26. The van der Waals surface area contributed by atoms with Crippen LogP contribution in [0.4, 0.5) is 0 Å². The number of carbonyl (C=O) groups excluding carboxylic acids is 2. The van der Waals surface area contributed by atoms with Gasteiger partial charge in [-0.05, 0) is 17.0 Å². The van der Waals surface area contributed by atoms with Crippen molar-refractivity contribution in [3.05, 3.63) is 83.9 Å². The number of amides is 1. The number of ether oxygens (including phenoxy) is 2. The van der Waals surface area contributed by atoms with Crippen LogP contribution < -0.4 is 5.32 Å². The van der Waals surface area contributed by atoms with Gasteiger partial charge in [0.25, 0.3) is 0 Å². The summed E-state index contributed by atoms with van der Waals surface area (Å²) in [6.07, 6.45) is 3.35. The molecule has 1 amide bonds. The van der Waals surface area contributed by atoms with Crippen LogP contribution in [0, 0.1) is 11.8 Å². The van der Waals surface area contributed by atoms with E-state index in [0.29, 0.717) is 13.1 Å². The number of carbonyl (C=O) groups is 2. The van der Waals surface area contributed by atoms with Crippen LogP contribution in [0.5, 0.6) is 0 Å². The lowest BCUT2D eigenvalue weighted by Gasteiger charge is -2.41. The molecule has 2 aliphatic rings. The van der Waals surface area contributed by atoms with Gasteiger partial charge in [-0.2, -0.15) is 0 Å². The minimum absolute atomic E-state index is 0.0193. The van der Waals surface area contributed by atoms with Crippen molar-refractivity contribution < 1.29 is 19.1 Å². The predicted octanol–water partition coefficient (Wildman–Crippen LogP) is 3.32. The Morgan fingerprint density at radius 2 is 1.58 bits per heavy atom. The van der Waals surface area contributed by atoms with Crippen molar-refractivity contribution in [2.24, 2.45) is 11.8 Å². The number of hydrogen-bond acceptors (Lipinski definition) is 5. The van der Waals surface area contributed by atoms with E-state index in [1.54, 1.807) is 0 Å². The zero-order chi connectivity index (χ0) is 23.4. The monoisotopic (exact) mass is 448 g/mol. The Morgan fingerprint density at radius 1 is 0.970 bits per heavy atom. The molecule has 2 aliphatic heterocycles. The van der Waals surface area contributed by atoms with Crippen molar-refractivity contribution in [3.8, 4) is 0 Å². The summed E-state index contributed by atoms with van der Waals surface area (Å²) in [7, 11) is 1.41. The maximum absolute atomic E-state index is 13.6. The van der Waals surface area contributed by atoms with Gasteiger partial charge in [-0.1, -0.05) is 86.7 Å². The molecule has 0 unspecified atom stereocenters. The van der Waals surface area contributed by atoms with Crippen molar-refractivity contribution in [2.75, 3.05) is 7.11 Å². The average molecular weight is 449 g/mol. The molecule has 0 aliphatic carbocycles. The lowest BCUT2D eigenvalue weighted by Crippen LogP contribution is -2.58. The zero-order valence-corrected chi connectivity index (χ0v) is 19.4. The van der Waals surface area contributed by atoms with Gasteiger partial charge < -0.3 is 14.8 Å². The molecule has 5 atom stereocenters. The van der Waals surface area contributed by atoms with Gasteiger partial charge in [0, 0.05) is 13.1 Å². The lowest BCUT2D eigenvalue weighted by atomic mass is 9.85. The van der Waals surface area contributed by atoms with Crippen molar-refractivity contribution in [2.45, 2.75) is 51.2 Å². The summed E-state index contributed by atoms with van der Waals surface area (Å²) in [5.74, 6) is -0.815. The molecule has 1 N–H and O–H groups in total. The van der Waals surface area contributed by atoms with Gasteiger partial charge >= 0.3 is 5.97 Å². The van der Waals surface area contributed by atoms with Crippen molar-refractivity contribution >= 4 is 11.9 Å². The van der Waals surface area contributed by atoms with E-state index in [0.717, 1.165) is 11.1 Å². The highest BCUT2D eigenvalue weighted by Gasteiger charge is 2.54. The van der Waals surface area contributed by atoms with Gasteiger partial charge in [0.15, 0.2) is 0 Å². The van der Waals surface area contributed by atoms with E-state index < -0.39 is 12.0 Å². The summed E-state index contributed by atoms with van der Waals surface area (Å²) in [6.45, 7) is 5.07. The van der Waals surface area contributed by atoms with E-state index in [1.807, 2.05) is 86.7 Å². The molecule has 0 spiro atoms. The number of nitrogens with zero attached hydrogens (tertiary/aromatic N) is 1. The largest absolute Gasteiger partial charge is 0.469 e. The molecule has 4 rings (SSSR count). The normalized spacial score (nSPS) is 24.3. The molecule has 33 heavy (non-hydrogen) atoms. The molecule has 174 valence electrons.